The first-order chi connectivity index (χ1) is 17.2. The summed E-state index contributed by atoms with van der Waals surface area (Å²) in [5, 5.41) is 9.17. The standard InChI is InChI=1S/C23H29ClN8O4/c1-26-16(29-19(25)18(24)27-2)12-17(33)30-22-28-13-23(31-22)8-10-32(11-9-23)20(34)14-4-6-15(7-5-14)21(35)36-3/h4-7H,2,8-13,25H2,1,3H3,(H,26,29)(H2,28,30,31,33)/b19-18-. The molecule has 3 rings (SSSR count). The smallest absolute Gasteiger partial charge is 0.337 e. The van der Waals surface area contributed by atoms with Gasteiger partial charge in [0, 0.05) is 32.2 Å². The summed E-state index contributed by atoms with van der Waals surface area (Å²) in [6.07, 6.45) is 1.24. The van der Waals surface area contributed by atoms with Gasteiger partial charge in [-0.05, 0) is 43.8 Å². The van der Waals surface area contributed by atoms with Crippen LogP contribution in [0.2, 0.25) is 0 Å². The van der Waals surface area contributed by atoms with Crippen LogP contribution in [0, 0.1) is 0 Å². The molecule has 1 spiro atoms. The highest BCUT2D eigenvalue weighted by Crippen LogP contribution is 2.25. The average molecular weight is 517 g/mol. The topological polar surface area (TPSA) is 163 Å². The van der Waals surface area contributed by atoms with Crippen molar-refractivity contribution in [1.29, 1.82) is 0 Å². The van der Waals surface area contributed by atoms with Crippen LogP contribution in [0.15, 0.2) is 50.2 Å². The summed E-state index contributed by atoms with van der Waals surface area (Å²) in [6.45, 7) is 4.93. The molecule has 1 aromatic carbocycles. The Morgan fingerprint density at radius 1 is 1.22 bits per heavy atom. The number of halogens is 1. The Labute approximate surface area is 213 Å². The molecule has 13 heteroatoms. The molecule has 0 aliphatic carbocycles. The van der Waals surface area contributed by atoms with Crippen LogP contribution in [-0.2, 0) is 9.53 Å². The number of nitrogens with zero attached hydrogens (tertiary/aromatic N) is 4. The predicted molar refractivity (Wildman–Crippen MR) is 137 cm³/mol. The third-order valence-corrected chi connectivity index (χ3v) is 6.30. The number of aliphatic imine (C=N–C) groups is 3. The van der Waals surface area contributed by atoms with Gasteiger partial charge in [-0.2, -0.15) is 4.99 Å². The molecule has 2 amide bonds. The lowest BCUT2D eigenvalue weighted by Crippen LogP contribution is -2.53. The van der Waals surface area contributed by atoms with E-state index in [4.69, 9.17) is 17.3 Å². The summed E-state index contributed by atoms with van der Waals surface area (Å²) in [4.78, 5) is 50.3. The molecule has 12 nitrogen and oxygen atoms in total. The van der Waals surface area contributed by atoms with Gasteiger partial charge in [-0.1, -0.05) is 11.6 Å². The molecule has 0 radical (unpaired) electrons. The van der Waals surface area contributed by atoms with Crippen molar-refractivity contribution in [2.24, 2.45) is 20.7 Å². The molecular weight excluding hydrogens is 488 g/mol. The second-order valence-electron chi connectivity index (χ2n) is 8.29. The molecule has 0 unspecified atom stereocenters. The van der Waals surface area contributed by atoms with E-state index in [0.29, 0.717) is 49.6 Å². The Morgan fingerprint density at radius 3 is 2.44 bits per heavy atom. The lowest BCUT2D eigenvalue weighted by atomic mass is 9.88. The summed E-state index contributed by atoms with van der Waals surface area (Å²) in [7, 11) is 2.91. The van der Waals surface area contributed by atoms with Gasteiger partial charge in [-0.15, -0.1) is 0 Å². The van der Waals surface area contributed by atoms with Crippen molar-refractivity contribution in [2.75, 3.05) is 33.8 Å². The van der Waals surface area contributed by atoms with Crippen LogP contribution >= 0.6 is 11.6 Å². The summed E-state index contributed by atoms with van der Waals surface area (Å²) in [5.74, 6) is -0.391. The van der Waals surface area contributed by atoms with Crippen LogP contribution in [0.25, 0.3) is 0 Å². The molecule has 1 aromatic rings. The quantitative estimate of drug-likeness (QED) is 0.184. The lowest BCUT2D eigenvalue weighted by molar-refractivity contribution is -0.116. The molecule has 0 bridgehead atoms. The first-order valence-corrected chi connectivity index (χ1v) is 11.6. The number of ether oxygens (including phenoxy) is 1. The van der Waals surface area contributed by atoms with Crippen molar-refractivity contribution in [3.05, 3.63) is 46.4 Å². The number of esters is 1. The maximum atomic E-state index is 12.9. The average Bonchev–Trinajstić information content (AvgIpc) is 3.28. The minimum Gasteiger partial charge on any atom is -0.465 e. The number of hydrogen-bond acceptors (Lipinski definition) is 7. The highest BCUT2D eigenvalue weighted by Gasteiger charge is 2.40. The second kappa shape index (κ2) is 11.7. The lowest BCUT2D eigenvalue weighted by Gasteiger charge is -2.38. The van der Waals surface area contributed by atoms with Crippen molar-refractivity contribution < 1.29 is 19.1 Å². The Bertz CT molecular complexity index is 1120. The fourth-order valence-corrected chi connectivity index (χ4v) is 3.95. The maximum Gasteiger partial charge on any atom is 0.337 e. The summed E-state index contributed by atoms with van der Waals surface area (Å²) in [5.41, 5.74) is 6.29. The van der Waals surface area contributed by atoms with Crippen LogP contribution in [0.1, 0.15) is 40.0 Å². The van der Waals surface area contributed by atoms with Crippen molar-refractivity contribution in [3.63, 3.8) is 0 Å². The molecule has 36 heavy (non-hydrogen) atoms. The Morgan fingerprint density at radius 2 is 1.86 bits per heavy atom. The van der Waals surface area contributed by atoms with Crippen LogP contribution in [0.5, 0.6) is 0 Å². The van der Waals surface area contributed by atoms with Crippen molar-refractivity contribution in [2.45, 2.75) is 24.8 Å². The number of methoxy groups -OCH3 is 1. The van der Waals surface area contributed by atoms with Gasteiger partial charge < -0.3 is 31.3 Å². The molecule has 2 saturated heterocycles. The summed E-state index contributed by atoms with van der Waals surface area (Å²) < 4.78 is 4.69. The van der Waals surface area contributed by atoms with Gasteiger partial charge in [-0.3, -0.25) is 9.59 Å². The maximum absolute atomic E-state index is 12.9. The highest BCUT2D eigenvalue weighted by atomic mass is 35.5. The SMILES string of the molecule is C=N/C(Cl)=C(N)\N=C(/CC(=O)/N=C1\NCC2(CCN(C(=O)c3ccc(C(=O)OC)cc3)CC2)N1)NC. The monoisotopic (exact) mass is 516 g/mol. The third-order valence-electron chi connectivity index (χ3n) is 5.99. The Hall–Kier alpha value is -3.93. The minimum atomic E-state index is -0.450. The van der Waals surface area contributed by atoms with Crippen LogP contribution in [-0.4, -0.2) is 80.5 Å². The van der Waals surface area contributed by atoms with E-state index in [1.54, 1.807) is 36.2 Å². The number of amidine groups is 1. The minimum absolute atomic E-state index is 0.0618. The molecule has 5 N–H and O–H groups in total. The zero-order chi connectivity index (χ0) is 26.3. The summed E-state index contributed by atoms with van der Waals surface area (Å²) in [6, 6.07) is 6.40. The second-order valence-corrected chi connectivity index (χ2v) is 8.65. The molecule has 2 aliphatic heterocycles. The first-order valence-electron chi connectivity index (χ1n) is 11.2. The van der Waals surface area contributed by atoms with Crippen molar-refractivity contribution >= 4 is 47.9 Å². The van der Waals surface area contributed by atoms with Gasteiger partial charge in [0.05, 0.1) is 24.6 Å². The van der Waals surface area contributed by atoms with Crippen molar-refractivity contribution in [3.8, 4) is 0 Å². The fourth-order valence-electron chi connectivity index (χ4n) is 3.91. The fraction of sp³-hybridized carbons (Fsp3) is 0.391. The van der Waals surface area contributed by atoms with Crippen molar-refractivity contribution in [1.82, 2.24) is 20.9 Å². The number of guanidine groups is 1. The van der Waals surface area contributed by atoms with Crippen LogP contribution < -0.4 is 21.7 Å². The number of carbonyl (C=O) groups excluding carboxylic acids is 3. The number of nitrogens with two attached hydrogens (primary N) is 1. The van der Waals surface area contributed by atoms with Crippen LogP contribution in [0.3, 0.4) is 0 Å². The molecule has 192 valence electrons. The van der Waals surface area contributed by atoms with Gasteiger partial charge in [0.2, 0.25) is 0 Å². The number of likely N-dealkylation sites (tertiary alicyclic amines) is 1. The zero-order valence-corrected chi connectivity index (χ0v) is 20.9. The molecule has 0 aromatic heterocycles. The van der Waals surface area contributed by atoms with Gasteiger partial charge in [0.15, 0.2) is 16.9 Å². The van der Waals surface area contributed by atoms with E-state index >= 15 is 0 Å². The number of piperidine rings is 1. The molecule has 2 aliphatic rings. The van der Waals surface area contributed by atoms with E-state index in [1.165, 1.54) is 7.11 Å². The third kappa shape index (κ3) is 6.39. The number of rotatable bonds is 6. The largest absolute Gasteiger partial charge is 0.465 e. The predicted octanol–water partition coefficient (Wildman–Crippen LogP) is 0.556. The number of carbonyl (C=O) groups is 3. The van der Waals surface area contributed by atoms with E-state index in [0.717, 1.165) is 0 Å². The Kier molecular flexibility index (Phi) is 8.64. The van der Waals surface area contributed by atoms with Gasteiger partial charge in [-0.25, -0.2) is 14.8 Å². The van der Waals surface area contributed by atoms with Crippen LogP contribution in [0.4, 0.5) is 0 Å². The molecule has 2 fully saturated rings. The normalized spacial score (nSPS) is 18.7. The number of amides is 2. The number of nitrogens with one attached hydrogen (secondary N) is 3. The molecule has 2 heterocycles. The highest BCUT2D eigenvalue weighted by molar-refractivity contribution is 6.30. The molecule has 0 saturated carbocycles. The zero-order valence-electron chi connectivity index (χ0n) is 20.1. The number of benzene rings is 1. The van der Waals surface area contributed by atoms with Gasteiger partial charge in [0.1, 0.15) is 5.84 Å². The first kappa shape index (κ1) is 26.7. The number of hydrogen-bond donors (Lipinski definition) is 4. The Balaban J connectivity index is 1.56. The van der Waals surface area contributed by atoms with Gasteiger partial charge in [0.25, 0.3) is 11.8 Å². The van der Waals surface area contributed by atoms with E-state index < -0.39 is 11.9 Å². The molecule has 0 atom stereocenters. The van der Waals surface area contributed by atoms with E-state index in [9.17, 15) is 14.4 Å². The van der Waals surface area contributed by atoms with Gasteiger partial charge >= 0.3 is 5.97 Å². The molecular formula is C23H29ClN8O4. The van der Waals surface area contributed by atoms with E-state index in [2.05, 4.69) is 42.4 Å². The summed E-state index contributed by atoms with van der Waals surface area (Å²) >= 11 is 5.78. The van der Waals surface area contributed by atoms with E-state index in [1.807, 2.05) is 0 Å². The van der Waals surface area contributed by atoms with E-state index in [-0.39, 0.29) is 34.7 Å².